The zero-order valence-electron chi connectivity index (χ0n) is 15.2. The summed E-state index contributed by atoms with van der Waals surface area (Å²) in [5.41, 5.74) is 2.90. The highest BCUT2D eigenvalue weighted by Gasteiger charge is 2.14. The Labute approximate surface area is 136 Å². The van der Waals surface area contributed by atoms with Crippen LogP contribution >= 0.6 is 0 Å². The second kappa shape index (κ2) is 9.70. The average Bonchev–Trinajstić information content (AvgIpc) is 2.49. The van der Waals surface area contributed by atoms with E-state index in [9.17, 15) is 5.11 Å². The molecule has 0 unspecified atom stereocenters. The maximum Gasteiger partial charge on any atom is 0.140 e. The van der Waals surface area contributed by atoms with Crippen LogP contribution < -0.4 is 4.90 Å². The van der Waals surface area contributed by atoms with Gasteiger partial charge in [0.05, 0.1) is 5.69 Å². The van der Waals surface area contributed by atoms with Gasteiger partial charge in [0.15, 0.2) is 0 Å². The Balaban J connectivity index is 2.46. The van der Waals surface area contributed by atoms with Crippen molar-refractivity contribution >= 4 is 5.82 Å². The van der Waals surface area contributed by atoms with Gasteiger partial charge in [0, 0.05) is 14.1 Å². The molecule has 0 saturated heterocycles. The van der Waals surface area contributed by atoms with Crippen molar-refractivity contribution in [3.05, 3.63) is 16.8 Å². The Morgan fingerprint density at radius 1 is 0.864 bits per heavy atom. The van der Waals surface area contributed by atoms with E-state index < -0.39 is 0 Å². The fraction of sp³-hybridized carbons (Fsp3) is 0.737. The molecule has 0 aliphatic heterocycles. The van der Waals surface area contributed by atoms with Gasteiger partial charge in [-0.05, 0) is 37.8 Å². The SMILES string of the molecule is CCCCCCCCCCc1nc(N(C)C)c(C)c(C)c1O. The van der Waals surface area contributed by atoms with Crippen LogP contribution in [0.25, 0.3) is 0 Å². The quantitative estimate of drug-likeness (QED) is 0.607. The summed E-state index contributed by atoms with van der Waals surface area (Å²) in [5.74, 6) is 1.37. The molecule has 22 heavy (non-hydrogen) atoms. The minimum atomic E-state index is 0.394. The molecule has 3 nitrogen and oxygen atoms in total. The highest BCUT2D eigenvalue weighted by Crippen LogP contribution is 2.30. The third-order valence-corrected chi connectivity index (χ3v) is 4.46. The van der Waals surface area contributed by atoms with Gasteiger partial charge in [-0.2, -0.15) is 0 Å². The van der Waals surface area contributed by atoms with Crippen LogP contribution in [-0.4, -0.2) is 24.2 Å². The van der Waals surface area contributed by atoms with Crippen molar-refractivity contribution < 1.29 is 5.11 Å². The molecule has 1 aromatic rings. The van der Waals surface area contributed by atoms with E-state index in [1.54, 1.807) is 0 Å². The van der Waals surface area contributed by atoms with Crippen molar-refractivity contribution in [1.82, 2.24) is 4.98 Å². The van der Waals surface area contributed by atoms with Gasteiger partial charge in [-0.15, -0.1) is 0 Å². The van der Waals surface area contributed by atoms with Gasteiger partial charge in [0.25, 0.3) is 0 Å². The van der Waals surface area contributed by atoms with Gasteiger partial charge >= 0.3 is 0 Å². The lowest BCUT2D eigenvalue weighted by Gasteiger charge is -2.19. The van der Waals surface area contributed by atoms with Crippen molar-refractivity contribution in [2.45, 2.75) is 78.6 Å². The molecule has 126 valence electrons. The molecule has 0 radical (unpaired) electrons. The molecule has 1 N–H and O–H groups in total. The van der Waals surface area contributed by atoms with Crippen LogP contribution in [0.3, 0.4) is 0 Å². The number of unbranched alkanes of at least 4 members (excludes halogenated alkanes) is 7. The number of aromatic nitrogens is 1. The van der Waals surface area contributed by atoms with Gasteiger partial charge < -0.3 is 10.0 Å². The Morgan fingerprint density at radius 3 is 1.95 bits per heavy atom. The molecule has 0 bridgehead atoms. The van der Waals surface area contributed by atoms with E-state index in [-0.39, 0.29) is 0 Å². The van der Waals surface area contributed by atoms with E-state index >= 15 is 0 Å². The van der Waals surface area contributed by atoms with Gasteiger partial charge in [0.1, 0.15) is 11.6 Å². The molecule has 0 amide bonds. The fourth-order valence-electron chi connectivity index (χ4n) is 2.86. The average molecular weight is 306 g/mol. The predicted octanol–water partition coefficient (Wildman–Crippen LogP) is 5.15. The standard InChI is InChI=1S/C19H34N2O/c1-6-7-8-9-10-11-12-13-14-17-18(22)15(2)16(3)19(20-17)21(4)5/h22H,6-14H2,1-5H3. The van der Waals surface area contributed by atoms with E-state index in [1.807, 2.05) is 32.8 Å². The topological polar surface area (TPSA) is 36.4 Å². The third kappa shape index (κ3) is 5.51. The second-order valence-corrected chi connectivity index (χ2v) is 6.60. The molecule has 1 aromatic heterocycles. The number of pyridine rings is 1. The molecule has 0 atom stereocenters. The largest absolute Gasteiger partial charge is 0.506 e. The summed E-state index contributed by atoms with van der Waals surface area (Å²) in [4.78, 5) is 6.69. The van der Waals surface area contributed by atoms with E-state index in [4.69, 9.17) is 0 Å². The van der Waals surface area contributed by atoms with E-state index in [0.717, 1.165) is 35.5 Å². The molecule has 1 heterocycles. The zero-order chi connectivity index (χ0) is 16.5. The molecule has 1 rings (SSSR count). The van der Waals surface area contributed by atoms with E-state index in [1.165, 1.54) is 44.9 Å². The van der Waals surface area contributed by atoms with E-state index in [0.29, 0.717) is 5.75 Å². The number of aryl methyl sites for hydroxylation is 1. The highest BCUT2D eigenvalue weighted by molar-refractivity contribution is 5.55. The smallest absolute Gasteiger partial charge is 0.140 e. The number of hydrogen-bond acceptors (Lipinski definition) is 3. The van der Waals surface area contributed by atoms with Crippen molar-refractivity contribution in [2.24, 2.45) is 0 Å². The molecule has 0 aromatic carbocycles. The summed E-state index contributed by atoms with van der Waals surface area (Å²) in [7, 11) is 4.01. The lowest BCUT2D eigenvalue weighted by atomic mass is 10.0. The number of aromatic hydroxyl groups is 1. The van der Waals surface area contributed by atoms with Crippen molar-refractivity contribution in [1.29, 1.82) is 0 Å². The zero-order valence-corrected chi connectivity index (χ0v) is 15.2. The number of hydrogen-bond donors (Lipinski definition) is 1. The second-order valence-electron chi connectivity index (χ2n) is 6.60. The maximum absolute atomic E-state index is 10.3. The van der Waals surface area contributed by atoms with Crippen LogP contribution in [-0.2, 0) is 6.42 Å². The van der Waals surface area contributed by atoms with Crippen LogP contribution in [0.2, 0.25) is 0 Å². The number of nitrogens with zero attached hydrogens (tertiary/aromatic N) is 2. The molecule has 0 aliphatic carbocycles. The Kier molecular flexibility index (Phi) is 8.29. The maximum atomic E-state index is 10.3. The summed E-state index contributed by atoms with van der Waals surface area (Å²) < 4.78 is 0. The Bertz CT molecular complexity index is 455. The van der Waals surface area contributed by atoms with Gasteiger partial charge in [-0.1, -0.05) is 51.9 Å². The highest BCUT2D eigenvalue weighted by atomic mass is 16.3. The summed E-state index contributed by atoms with van der Waals surface area (Å²) in [6.45, 7) is 6.26. The molecular formula is C19H34N2O. The monoisotopic (exact) mass is 306 g/mol. The molecular weight excluding hydrogens is 272 g/mol. The van der Waals surface area contributed by atoms with Gasteiger partial charge in [-0.25, -0.2) is 4.98 Å². The first-order chi connectivity index (χ1) is 10.5. The first kappa shape index (κ1) is 18.8. The Morgan fingerprint density at radius 2 is 1.41 bits per heavy atom. The third-order valence-electron chi connectivity index (χ3n) is 4.46. The van der Waals surface area contributed by atoms with Crippen LogP contribution in [0.15, 0.2) is 0 Å². The summed E-state index contributed by atoms with van der Waals surface area (Å²) in [6, 6.07) is 0. The lowest BCUT2D eigenvalue weighted by Crippen LogP contribution is -2.14. The van der Waals surface area contributed by atoms with Gasteiger partial charge in [0.2, 0.25) is 0 Å². The molecule has 0 aliphatic rings. The summed E-state index contributed by atoms with van der Waals surface area (Å²) >= 11 is 0. The minimum Gasteiger partial charge on any atom is -0.506 e. The van der Waals surface area contributed by atoms with Crippen molar-refractivity contribution in [2.75, 3.05) is 19.0 Å². The number of rotatable bonds is 10. The summed E-state index contributed by atoms with van der Waals surface area (Å²) in [5, 5.41) is 10.3. The van der Waals surface area contributed by atoms with Gasteiger partial charge in [-0.3, -0.25) is 0 Å². The van der Waals surface area contributed by atoms with Crippen LogP contribution in [0.1, 0.15) is 75.1 Å². The lowest BCUT2D eigenvalue weighted by molar-refractivity contribution is 0.456. The first-order valence-corrected chi connectivity index (χ1v) is 8.85. The first-order valence-electron chi connectivity index (χ1n) is 8.85. The fourth-order valence-corrected chi connectivity index (χ4v) is 2.86. The molecule has 3 heteroatoms. The van der Waals surface area contributed by atoms with Crippen LogP contribution in [0, 0.1) is 13.8 Å². The predicted molar refractivity (Wildman–Crippen MR) is 96.0 cm³/mol. The number of anilines is 1. The molecule has 0 fully saturated rings. The summed E-state index contributed by atoms with van der Waals surface area (Å²) in [6.07, 6.45) is 11.3. The van der Waals surface area contributed by atoms with E-state index in [2.05, 4.69) is 11.9 Å². The normalized spacial score (nSPS) is 11.0. The van der Waals surface area contributed by atoms with Crippen LogP contribution in [0.4, 0.5) is 5.82 Å². The van der Waals surface area contributed by atoms with Crippen LogP contribution in [0.5, 0.6) is 5.75 Å². The molecule has 0 spiro atoms. The van der Waals surface area contributed by atoms with Crippen molar-refractivity contribution in [3.63, 3.8) is 0 Å². The van der Waals surface area contributed by atoms with Crippen molar-refractivity contribution in [3.8, 4) is 5.75 Å². The Hall–Kier alpha value is -1.25. The molecule has 0 saturated carbocycles. The minimum absolute atomic E-state index is 0.394.